The Kier molecular flexibility index (Phi) is 8.58. The highest BCUT2D eigenvalue weighted by Gasteiger charge is 2.04. The number of hydrogen-bond donors (Lipinski definition) is 2. The maximum Gasteiger partial charge on any atom is 0.170 e. The third-order valence-corrected chi connectivity index (χ3v) is 5.60. The van der Waals surface area contributed by atoms with Gasteiger partial charge in [0.1, 0.15) is 11.5 Å². The lowest BCUT2D eigenvalue weighted by Crippen LogP contribution is -2.30. The van der Waals surface area contributed by atoms with Gasteiger partial charge in [-0.1, -0.05) is 11.6 Å². The van der Waals surface area contributed by atoms with Crippen LogP contribution in [0.4, 0.5) is 5.69 Å². The number of thiocarbonyl (C=S) groups is 1. The minimum atomic E-state index is 0.588. The molecule has 8 heteroatoms. The Hall–Kier alpha value is -0.730. The van der Waals surface area contributed by atoms with Crippen molar-refractivity contribution in [1.29, 1.82) is 0 Å². The van der Waals surface area contributed by atoms with E-state index in [9.17, 15) is 0 Å². The Labute approximate surface area is 171 Å². The maximum absolute atomic E-state index is 6.07. The van der Waals surface area contributed by atoms with Gasteiger partial charge in [-0.2, -0.15) is 11.8 Å². The van der Waals surface area contributed by atoms with Crippen LogP contribution in [-0.2, 0) is 12.3 Å². The molecule has 4 nitrogen and oxygen atoms in total. The molecule has 0 atom stereocenters. The highest BCUT2D eigenvalue weighted by Crippen LogP contribution is 2.25. The molecule has 2 aromatic rings. The van der Waals surface area contributed by atoms with Gasteiger partial charge in [0.15, 0.2) is 5.11 Å². The van der Waals surface area contributed by atoms with Gasteiger partial charge < -0.3 is 20.0 Å². The van der Waals surface area contributed by atoms with Crippen LogP contribution in [-0.4, -0.2) is 36.4 Å². The third kappa shape index (κ3) is 7.58. The number of anilines is 1. The van der Waals surface area contributed by atoms with Crippen LogP contribution in [0.15, 0.2) is 39.2 Å². The summed E-state index contributed by atoms with van der Waals surface area (Å²) < 4.78 is 6.65. The first-order chi connectivity index (χ1) is 11.9. The van der Waals surface area contributed by atoms with Crippen molar-refractivity contribution in [2.75, 3.05) is 31.7 Å². The van der Waals surface area contributed by atoms with Gasteiger partial charge >= 0.3 is 0 Å². The van der Waals surface area contributed by atoms with Crippen LogP contribution in [0.3, 0.4) is 0 Å². The van der Waals surface area contributed by atoms with Crippen molar-refractivity contribution in [3.63, 3.8) is 0 Å². The Morgan fingerprint density at radius 2 is 2.04 bits per heavy atom. The molecule has 0 radical (unpaired) electrons. The van der Waals surface area contributed by atoms with Crippen LogP contribution < -0.4 is 10.6 Å². The van der Waals surface area contributed by atoms with E-state index in [4.69, 9.17) is 28.2 Å². The third-order valence-electron chi connectivity index (χ3n) is 3.14. The fourth-order valence-corrected chi connectivity index (χ4v) is 3.45. The molecule has 0 aliphatic rings. The first kappa shape index (κ1) is 20.6. The minimum Gasteiger partial charge on any atom is -0.464 e. The standard InChI is InChI=1S/C17H21BrClN3OS2/c1-22(2)10-13-4-5-14(23-13)11-25-8-7-20-17(24)21-12-3-6-15(18)16(19)9-12/h3-6,9H,7-8,10-11H2,1-2H3,(H2,20,21,24). The van der Waals surface area contributed by atoms with Gasteiger partial charge in [-0.15, -0.1) is 0 Å². The summed E-state index contributed by atoms with van der Waals surface area (Å²) >= 11 is 16.5. The van der Waals surface area contributed by atoms with Crippen molar-refractivity contribution >= 4 is 62.3 Å². The van der Waals surface area contributed by atoms with E-state index >= 15 is 0 Å². The van der Waals surface area contributed by atoms with Gasteiger partial charge in [0.2, 0.25) is 0 Å². The fraction of sp³-hybridized carbons (Fsp3) is 0.353. The normalized spacial score (nSPS) is 10.9. The highest BCUT2D eigenvalue weighted by molar-refractivity contribution is 9.10. The molecule has 0 spiro atoms. The Balaban J connectivity index is 1.63. The van der Waals surface area contributed by atoms with Crippen LogP contribution in [0, 0.1) is 0 Å². The quantitative estimate of drug-likeness (QED) is 0.426. The summed E-state index contributed by atoms with van der Waals surface area (Å²) in [4.78, 5) is 2.09. The number of nitrogens with zero attached hydrogens (tertiary/aromatic N) is 1. The Morgan fingerprint density at radius 1 is 1.28 bits per heavy atom. The van der Waals surface area contributed by atoms with E-state index in [2.05, 4.69) is 31.5 Å². The SMILES string of the molecule is CN(C)Cc1ccc(CSCCNC(=S)Nc2ccc(Br)c(Cl)c2)o1. The van der Waals surface area contributed by atoms with Crippen molar-refractivity contribution in [1.82, 2.24) is 10.2 Å². The first-order valence-corrected chi connectivity index (χ1v) is 10.5. The molecule has 136 valence electrons. The molecule has 0 aliphatic heterocycles. The second-order valence-corrected chi connectivity index (χ2v) is 8.44. The highest BCUT2D eigenvalue weighted by atomic mass is 79.9. The summed E-state index contributed by atoms with van der Waals surface area (Å²) in [7, 11) is 4.06. The zero-order chi connectivity index (χ0) is 18.2. The van der Waals surface area contributed by atoms with Crippen LogP contribution in [0.25, 0.3) is 0 Å². The average molecular weight is 463 g/mol. The molecule has 2 N–H and O–H groups in total. The molecule has 2 rings (SSSR count). The predicted octanol–water partition coefficient (Wildman–Crippen LogP) is 4.98. The average Bonchev–Trinajstić information content (AvgIpc) is 2.97. The second kappa shape index (κ2) is 10.4. The molecular weight excluding hydrogens is 442 g/mol. The zero-order valence-corrected chi connectivity index (χ0v) is 18.1. The molecular formula is C17H21BrClN3OS2. The van der Waals surface area contributed by atoms with E-state index in [-0.39, 0.29) is 0 Å². The van der Waals surface area contributed by atoms with Gasteiger partial charge in [0.25, 0.3) is 0 Å². The molecule has 25 heavy (non-hydrogen) atoms. The molecule has 0 unspecified atom stereocenters. The fourth-order valence-electron chi connectivity index (χ4n) is 2.06. The number of halogens is 2. The number of hydrogen-bond acceptors (Lipinski definition) is 4. The minimum absolute atomic E-state index is 0.588. The van der Waals surface area contributed by atoms with E-state index in [1.165, 1.54) is 0 Å². The lowest BCUT2D eigenvalue weighted by atomic mass is 10.3. The van der Waals surface area contributed by atoms with Crippen LogP contribution in [0.1, 0.15) is 11.5 Å². The number of rotatable bonds is 8. The maximum atomic E-state index is 6.07. The van der Waals surface area contributed by atoms with Crippen molar-refractivity contribution in [2.24, 2.45) is 0 Å². The number of thioether (sulfide) groups is 1. The van der Waals surface area contributed by atoms with Gasteiger partial charge in [-0.05, 0) is 72.6 Å². The molecule has 0 saturated heterocycles. The van der Waals surface area contributed by atoms with Crippen molar-refractivity contribution < 1.29 is 4.42 Å². The van der Waals surface area contributed by atoms with E-state index in [1.54, 1.807) is 11.8 Å². The van der Waals surface area contributed by atoms with Crippen LogP contribution in [0.5, 0.6) is 0 Å². The summed E-state index contributed by atoms with van der Waals surface area (Å²) in [6, 6.07) is 9.72. The molecule has 1 aromatic heterocycles. The van der Waals surface area contributed by atoms with Gasteiger partial charge in [-0.25, -0.2) is 0 Å². The molecule has 0 amide bonds. The lowest BCUT2D eigenvalue weighted by molar-refractivity contribution is 0.344. The molecule has 1 aromatic carbocycles. The van der Waals surface area contributed by atoms with Crippen molar-refractivity contribution in [3.05, 3.63) is 51.3 Å². The Bertz CT molecular complexity index is 709. The van der Waals surface area contributed by atoms with E-state index in [0.717, 1.165) is 46.3 Å². The number of nitrogens with one attached hydrogen (secondary N) is 2. The topological polar surface area (TPSA) is 40.4 Å². The predicted molar refractivity (Wildman–Crippen MR) is 116 cm³/mol. The van der Waals surface area contributed by atoms with E-state index in [1.807, 2.05) is 44.4 Å². The summed E-state index contributed by atoms with van der Waals surface area (Å²) in [5, 5.41) is 7.55. The molecule has 0 bridgehead atoms. The van der Waals surface area contributed by atoms with E-state index < -0.39 is 0 Å². The van der Waals surface area contributed by atoms with Crippen molar-refractivity contribution in [2.45, 2.75) is 12.3 Å². The first-order valence-electron chi connectivity index (χ1n) is 7.74. The molecule has 1 heterocycles. The van der Waals surface area contributed by atoms with Gasteiger partial charge in [0.05, 0.1) is 17.3 Å². The monoisotopic (exact) mass is 461 g/mol. The summed E-state index contributed by atoms with van der Waals surface area (Å²) in [5.74, 6) is 3.80. The van der Waals surface area contributed by atoms with Crippen LogP contribution in [0.2, 0.25) is 5.02 Å². The molecule has 0 saturated carbocycles. The Morgan fingerprint density at radius 3 is 2.76 bits per heavy atom. The van der Waals surface area contributed by atoms with Gasteiger partial charge in [0, 0.05) is 22.5 Å². The number of furan rings is 1. The number of benzene rings is 1. The van der Waals surface area contributed by atoms with Crippen molar-refractivity contribution in [3.8, 4) is 0 Å². The summed E-state index contributed by atoms with van der Waals surface area (Å²) in [5.41, 5.74) is 0.863. The smallest absolute Gasteiger partial charge is 0.170 e. The zero-order valence-electron chi connectivity index (χ0n) is 14.1. The molecule has 0 aliphatic carbocycles. The lowest BCUT2D eigenvalue weighted by Gasteiger charge is -2.11. The summed E-state index contributed by atoms with van der Waals surface area (Å²) in [6.45, 7) is 1.61. The largest absolute Gasteiger partial charge is 0.464 e. The second-order valence-electron chi connectivity index (χ2n) is 5.67. The summed E-state index contributed by atoms with van der Waals surface area (Å²) in [6.07, 6.45) is 0. The molecule has 0 fully saturated rings. The van der Waals surface area contributed by atoms with Gasteiger partial charge in [-0.3, -0.25) is 0 Å². The van der Waals surface area contributed by atoms with Crippen LogP contribution >= 0.6 is 51.5 Å². The van der Waals surface area contributed by atoms with E-state index in [0.29, 0.717) is 10.1 Å².